The molecule has 0 fully saturated rings. The summed E-state index contributed by atoms with van der Waals surface area (Å²) in [6.07, 6.45) is 0. The molecule has 0 spiro atoms. The van der Waals surface area contributed by atoms with Crippen LogP contribution >= 0.6 is 0 Å². The molecule has 1 aromatic carbocycles. The minimum atomic E-state index is -1.72. The molecular formula is C17H24O2Si. The summed E-state index contributed by atoms with van der Waals surface area (Å²) in [5, 5.41) is 0.224. The van der Waals surface area contributed by atoms with Crippen molar-refractivity contribution in [2.45, 2.75) is 45.5 Å². The average Bonchev–Trinajstić information content (AvgIpc) is 2.85. The maximum absolute atomic E-state index is 6.17. The van der Waals surface area contributed by atoms with Gasteiger partial charge in [-0.25, -0.2) is 0 Å². The van der Waals surface area contributed by atoms with Gasteiger partial charge in [0.2, 0.25) is 0 Å². The van der Waals surface area contributed by atoms with Crippen molar-refractivity contribution in [1.82, 2.24) is 0 Å². The molecule has 2 aromatic rings. The largest absolute Gasteiger partial charge is 0.459 e. The fraction of sp³-hybridized carbons (Fsp3) is 0.412. The molecule has 0 bridgehead atoms. The Morgan fingerprint density at radius 3 is 2.25 bits per heavy atom. The van der Waals surface area contributed by atoms with Crippen molar-refractivity contribution >= 4 is 8.32 Å². The van der Waals surface area contributed by atoms with Crippen LogP contribution in [0, 0.1) is 0 Å². The molecule has 108 valence electrons. The van der Waals surface area contributed by atoms with E-state index < -0.39 is 8.32 Å². The van der Waals surface area contributed by atoms with Crippen LogP contribution in [0.4, 0.5) is 0 Å². The molecule has 2 nitrogen and oxygen atoms in total. The Hall–Kier alpha value is -1.32. The van der Waals surface area contributed by atoms with Crippen molar-refractivity contribution in [1.29, 1.82) is 0 Å². The zero-order valence-electron chi connectivity index (χ0n) is 13.1. The molecule has 0 N–H and O–H groups in total. The highest BCUT2D eigenvalue weighted by Gasteiger charge is 2.37. The SMILES string of the molecule is CC(C)(C)[Si](C)(C)OCc1ccc(-c2ccccc2)o1. The van der Waals surface area contributed by atoms with Crippen molar-refractivity contribution in [3.63, 3.8) is 0 Å². The summed E-state index contributed by atoms with van der Waals surface area (Å²) in [4.78, 5) is 0. The van der Waals surface area contributed by atoms with Crippen molar-refractivity contribution in [3.8, 4) is 11.3 Å². The molecule has 0 unspecified atom stereocenters. The van der Waals surface area contributed by atoms with Crippen LogP contribution in [0.2, 0.25) is 18.1 Å². The van der Waals surface area contributed by atoms with Gasteiger partial charge in [-0.1, -0.05) is 51.1 Å². The second-order valence-corrected chi connectivity index (χ2v) is 11.5. The third-order valence-corrected chi connectivity index (χ3v) is 8.58. The Bertz CT molecular complexity index is 550. The lowest BCUT2D eigenvalue weighted by atomic mass is 10.2. The first-order valence-corrected chi connectivity index (χ1v) is 9.98. The van der Waals surface area contributed by atoms with Crippen LogP contribution in [-0.2, 0) is 11.0 Å². The minimum absolute atomic E-state index is 0.224. The average molecular weight is 288 g/mol. The first-order chi connectivity index (χ1) is 9.29. The first-order valence-electron chi connectivity index (χ1n) is 7.08. The van der Waals surface area contributed by atoms with Crippen molar-refractivity contribution in [3.05, 3.63) is 48.2 Å². The van der Waals surface area contributed by atoms with Crippen LogP contribution in [0.25, 0.3) is 11.3 Å². The van der Waals surface area contributed by atoms with Gasteiger partial charge in [-0.3, -0.25) is 0 Å². The van der Waals surface area contributed by atoms with Gasteiger partial charge in [0.05, 0.1) is 6.61 Å². The summed E-state index contributed by atoms with van der Waals surface area (Å²) >= 11 is 0. The van der Waals surface area contributed by atoms with Crippen LogP contribution < -0.4 is 0 Å². The lowest BCUT2D eigenvalue weighted by molar-refractivity contribution is 0.247. The van der Waals surface area contributed by atoms with E-state index in [1.165, 1.54) is 0 Å². The lowest BCUT2D eigenvalue weighted by Gasteiger charge is -2.35. The van der Waals surface area contributed by atoms with Gasteiger partial charge in [0, 0.05) is 5.56 Å². The van der Waals surface area contributed by atoms with Gasteiger partial charge in [-0.15, -0.1) is 0 Å². The Balaban J connectivity index is 2.04. The molecule has 0 atom stereocenters. The summed E-state index contributed by atoms with van der Waals surface area (Å²) in [6, 6.07) is 14.2. The summed E-state index contributed by atoms with van der Waals surface area (Å²) in [5.74, 6) is 1.80. The van der Waals surface area contributed by atoms with E-state index in [1.807, 2.05) is 30.3 Å². The van der Waals surface area contributed by atoms with E-state index in [1.54, 1.807) is 0 Å². The molecule has 0 aliphatic heterocycles. The van der Waals surface area contributed by atoms with Gasteiger partial charge in [-0.2, -0.15) is 0 Å². The summed E-state index contributed by atoms with van der Waals surface area (Å²) in [5.41, 5.74) is 1.10. The zero-order valence-corrected chi connectivity index (χ0v) is 14.1. The van der Waals surface area contributed by atoms with Gasteiger partial charge in [0.25, 0.3) is 0 Å². The molecule has 1 aromatic heterocycles. The van der Waals surface area contributed by atoms with Gasteiger partial charge < -0.3 is 8.84 Å². The molecule has 3 heteroatoms. The lowest BCUT2D eigenvalue weighted by Crippen LogP contribution is -2.40. The Morgan fingerprint density at radius 1 is 1.00 bits per heavy atom. The number of rotatable bonds is 4. The van der Waals surface area contributed by atoms with Crippen LogP contribution in [0.3, 0.4) is 0 Å². The molecule has 0 aliphatic carbocycles. The second kappa shape index (κ2) is 5.58. The Labute approximate surface area is 122 Å². The predicted octanol–water partition coefficient (Wildman–Crippen LogP) is 5.47. The highest BCUT2D eigenvalue weighted by atomic mass is 28.4. The number of hydrogen-bond donors (Lipinski definition) is 0. The van der Waals surface area contributed by atoms with Gasteiger partial charge >= 0.3 is 0 Å². The monoisotopic (exact) mass is 288 g/mol. The summed E-state index contributed by atoms with van der Waals surface area (Å²) < 4.78 is 12.0. The van der Waals surface area contributed by atoms with Gasteiger partial charge in [0.15, 0.2) is 8.32 Å². The molecule has 0 radical (unpaired) electrons. The molecule has 0 aliphatic rings. The molecule has 0 saturated carbocycles. The van der Waals surface area contributed by atoms with E-state index in [4.69, 9.17) is 8.84 Å². The number of benzene rings is 1. The fourth-order valence-corrected chi connectivity index (χ4v) is 2.62. The van der Waals surface area contributed by atoms with E-state index in [-0.39, 0.29) is 5.04 Å². The van der Waals surface area contributed by atoms with Gasteiger partial charge in [0.1, 0.15) is 11.5 Å². The Kier molecular flexibility index (Phi) is 4.21. The van der Waals surface area contributed by atoms with Crippen LogP contribution in [-0.4, -0.2) is 8.32 Å². The van der Waals surface area contributed by atoms with Gasteiger partial charge in [-0.05, 0) is 30.3 Å². The summed E-state index contributed by atoms with van der Waals surface area (Å²) in [7, 11) is -1.72. The molecule has 20 heavy (non-hydrogen) atoms. The molecule has 0 amide bonds. The zero-order chi connectivity index (χ0) is 14.8. The number of hydrogen-bond acceptors (Lipinski definition) is 2. The van der Waals surface area contributed by atoms with Crippen molar-refractivity contribution < 1.29 is 8.84 Å². The Morgan fingerprint density at radius 2 is 1.65 bits per heavy atom. The first kappa shape index (κ1) is 15.1. The second-order valence-electron chi connectivity index (χ2n) is 6.68. The normalized spacial score (nSPS) is 12.7. The quantitative estimate of drug-likeness (QED) is 0.696. The smallest absolute Gasteiger partial charge is 0.192 e. The minimum Gasteiger partial charge on any atom is -0.459 e. The van der Waals surface area contributed by atoms with E-state index >= 15 is 0 Å². The molecule has 0 saturated heterocycles. The predicted molar refractivity (Wildman–Crippen MR) is 86.1 cm³/mol. The molecule has 1 heterocycles. The highest BCUT2D eigenvalue weighted by Crippen LogP contribution is 2.37. The van der Waals surface area contributed by atoms with Crippen molar-refractivity contribution in [2.24, 2.45) is 0 Å². The van der Waals surface area contributed by atoms with Crippen molar-refractivity contribution in [2.75, 3.05) is 0 Å². The molecule has 2 rings (SSSR count). The van der Waals surface area contributed by atoms with E-state index in [0.717, 1.165) is 17.1 Å². The maximum atomic E-state index is 6.17. The highest BCUT2D eigenvalue weighted by molar-refractivity contribution is 6.74. The standard InChI is InChI=1S/C17H24O2Si/c1-17(2,3)20(4,5)18-13-15-11-12-16(19-15)14-9-7-6-8-10-14/h6-12H,13H2,1-5H3. The topological polar surface area (TPSA) is 22.4 Å². The van der Waals surface area contributed by atoms with Crippen LogP contribution in [0.5, 0.6) is 0 Å². The molecular weight excluding hydrogens is 264 g/mol. The third-order valence-electron chi connectivity index (χ3n) is 4.10. The van der Waals surface area contributed by atoms with Crippen LogP contribution in [0.1, 0.15) is 26.5 Å². The van der Waals surface area contributed by atoms with E-state index in [2.05, 4.69) is 46.0 Å². The number of furan rings is 1. The third kappa shape index (κ3) is 3.41. The maximum Gasteiger partial charge on any atom is 0.192 e. The van der Waals surface area contributed by atoms with E-state index in [9.17, 15) is 0 Å². The fourth-order valence-electron chi connectivity index (χ4n) is 1.68. The van der Waals surface area contributed by atoms with E-state index in [0.29, 0.717) is 6.61 Å². The summed E-state index contributed by atoms with van der Waals surface area (Å²) in [6.45, 7) is 11.8. The van der Waals surface area contributed by atoms with Crippen LogP contribution in [0.15, 0.2) is 46.9 Å².